The Morgan fingerprint density at radius 2 is 1.55 bits per heavy atom. The summed E-state index contributed by atoms with van der Waals surface area (Å²) in [5.41, 5.74) is 0.670. The zero-order valence-electron chi connectivity index (χ0n) is 17.8. The van der Waals surface area contributed by atoms with Gasteiger partial charge in [0.1, 0.15) is 0 Å². The van der Waals surface area contributed by atoms with E-state index in [-0.39, 0.29) is 37.0 Å². The van der Waals surface area contributed by atoms with Crippen LogP contribution in [0.2, 0.25) is 0 Å². The molecule has 3 rings (SSSR count). The van der Waals surface area contributed by atoms with Crippen molar-refractivity contribution < 1.29 is 14.4 Å². The number of carbonyl (C=O) groups is 3. The molecule has 8 nitrogen and oxygen atoms in total. The van der Waals surface area contributed by atoms with Crippen LogP contribution in [0.1, 0.15) is 44.9 Å². The van der Waals surface area contributed by atoms with Gasteiger partial charge in [0.25, 0.3) is 0 Å². The molecule has 0 bridgehead atoms. The van der Waals surface area contributed by atoms with E-state index < -0.39 is 0 Å². The minimum absolute atomic E-state index is 0.0699. The Kier molecular flexibility index (Phi) is 9.14. The largest absolute Gasteiger partial charge is 0.346 e. The lowest BCUT2D eigenvalue weighted by atomic mass is 9.96. The van der Waals surface area contributed by atoms with Crippen molar-refractivity contribution in [3.63, 3.8) is 0 Å². The third kappa shape index (κ3) is 8.14. The SMILES string of the molecule is O=C(CN1CCC(NC(=O)NC2CCCCC2)CC1)NCC(=O)Nc1ccccc1Br. The standard InChI is InChI=1S/C22H32BrN5O3/c23-18-8-4-5-9-19(18)27-20(29)14-24-21(30)15-28-12-10-17(11-13-28)26-22(31)25-16-6-2-1-3-7-16/h4-5,8-9,16-17H,1-3,6-7,10-15H2,(H,24,30)(H,27,29)(H2,25,26,31). The van der Waals surface area contributed by atoms with Crippen LogP contribution >= 0.6 is 15.9 Å². The van der Waals surface area contributed by atoms with Crippen molar-refractivity contribution in [1.29, 1.82) is 0 Å². The van der Waals surface area contributed by atoms with Gasteiger partial charge in [0, 0.05) is 29.6 Å². The third-order valence-corrected chi connectivity index (χ3v) is 6.52. The number of nitrogens with one attached hydrogen (secondary N) is 4. The molecule has 4 amide bonds. The smallest absolute Gasteiger partial charge is 0.315 e. The molecule has 1 heterocycles. The zero-order valence-corrected chi connectivity index (χ0v) is 19.4. The number of para-hydroxylation sites is 1. The van der Waals surface area contributed by atoms with Crippen LogP contribution in [0.3, 0.4) is 0 Å². The number of halogens is 1. The number of benzene rings is 1. The maximum atomic E-state index is 12.2. The van der Waals surface area contributed by atoms with E-state index in [9.17, 15) is 14.4 Å². The molecule has 31 heavy (non-hydrogen) atoms. The van der Waals surface area contributed by atoms with Crippen molar-refractivity contribution in [3.05, 3.63) is 28.7 Å². The van der Waals surface area contributed by atoms with Gasteiger partial charge in [-0.15, -0.1) is 0 Å². The van der Waals surface area contributed by atoms with E-state index in [1.165, 1.54) is 19.3 Å². The maximum Gasteiger partial charge on any atom is 0.315 e. The second kappa shape index (κ2) is 12.0. The molecule has 1 aliphatic heterocycles. The van der Waals surface area contributed by atoms with E-state index in [1.54, 1.807) is 6.07 Å². The highest BCUT2D eigenvalue weighted by Crippen LogP contribution is 2.21. The van der Waals surface area contributed by atoms with Crippen LogP contribution in [-0.4, -0.2) is 61.0 Å². The molecule has 0 atom stereocenters. The van der Waals surface area contributed by atoms with E-state index in [2.05, 4.69) is 42.1 Å². The van der Waals surface area contributed by atoms with E-state index >= 15 is 0 Å². The van der Waals surface area contributed by atoms with E-state index in [0.29, 0.717) is 11.7 Å². The Labute approximate surface area is 192 Å². The molecule has 2 fully saturated rings. The molecule has 0 spiro atoms. The predicted octanol–water partition coefficient (Wildman–Crippen LogP) is 2.60. The molecule has 1 aliphatic carbocycles. The fraction of sp³-hybridized carbons (Fsp3) is 0.591. The van der Waals surface area contributed by atoms with Crippen LogP contribution in [0.4, 0.5) is 10.5 Å². The number of piperidine rings is 1. The lowest BCUT2D eigenvalue weighted by molar-refractivity contribution is -0.125. The number of urea groups is 1. The summed E-state index contributed by atoms with van der Waals surface area (Å²) >= 11 is 3.38. The van der Waals surface area contributed by atoms with Crippen molar-refractivity contribution in [3.8, 4) is 0 Å². The van der Waals surface area contributed by atoms with Gasteiger partial charge in [0.05, 0.1) is 18.8 Å². The first kappa shape index (κ1) is 23.5. The topological polar surface area (TPSA) is 103 Å². The zero-order chi connectivity index (χ0) is 22.1. The summed E-state index contributed by atoms with van der Waals surface area (Å²) in [4.78, 5) is 38.5. The number of anilines is 1. The fourth-order valence-electron chi connectivity index (χ4n) is 4.09. The van der Waals surface area contributed by atoms with Gasteiger partial charge in [-0.2, -0.15) is 0 Å². The lowest BCUT2D eigenvalue weighted by Gasteiger charge is -2.32. The number of nitrogens with zero attached hydrogens (tertiary/aromatic N) is 1. The Bertz CT molecular complexity index is 761. The Morgan fingerprint density at radius 1 is 0.903 bits per heavy atom. The third-order valence-electron chi connectivity index (χ3n) is 5.82. The molecule has 4 N–H and O–H groups in total. The van der Waals surface area contributed by atoms with E-state index in [0.717, 1.165) is 43.2 Å². The highest BCUT2D eigenvalue weighted by Gasteiger charge is 2.23. The van der Waals surface area contributed by atoms with Gasteiger partial charge in [0.2, 0.25) is 11.8 Å². The molecule has 1 saturated carbocycles. The van der Waals surface area contributed by atoms with Crippen molar-refractivity contribution in [2.75, 3.05) is 31.5 Å². The Balaban J connectivity index is 1.29. The van der Waals surface area contributed by atoms with Crippen molar-refractivity contribution in [1.82, 2.24) is 20.9 Å². The molecular weight excluding hydrogens is 462 g/mol. The van der Waals surface area contributed by atoms with Gasteiger partial charge in [-0.25, -0.2) is 4.79 Å². The first-order valence-electron chi connectivity index (χ1n) is 11.1. The first-order valence-corrected chi connectivity index (χ1v) is 11.9. The molecule has 1 aromatic carbocycles. The number of hydrogen-bond donors (Lipinski definition) is 4. The molecule has 9 heteroatoms. The van der Waals surface area contributed by atoms with Crippen molar-refractivity contribution >= 4 is 39.5 Å². The lowest BCUT2D eigenvalue weighted by Crippen LogP contribution is -2.51. The van der Waals surface area contributed by atoms with Crippen molar-refractivity contribution in [2.24, 2.45) is 0 Å². The van der Waals surface area contributed by atoms with Gasteiger partial charge >= 0.3 is 6.03 Å². The summed E-state index contributed by atoms with van der Waals surface area (Å²) in [7, 11) is 0. The number of likely N-dealkylation sites (tertiary alicyclic amines) is 1. The highest BCUT2D eigenvalue weighted by molar-refractivity contribution is 9.10. The average Bonchev–Trinajstić information content (AvgIpc) is 2.76. The summed E-state index contributed by atoms with van der Waals surface area (Å²) in [5.74, 6) is -0.448. The number of hydrogen-bond acceptors (Lipinski definition) is 4. The molecule has 170 valence electrons. The van der Waals surface area contributed by atoms with Crippen molar-refractivity contribution in [2.45, 2.75) is 57.0 Å². The highest BCUT2D eigenvalue weighted by atomic mass is 79.9. The average molecular weight is 494 g/mol. The minimum Gasteiger partial charge on any atom is -0.346 e. The van der Waals surface area contributed by atoms with Crippen LogP contribution in [0.25, 0.3) is 0 Å². The molecule has 0 aromatic heterocycles. The van der Waals surface area contributed by atoms with Crippen LogP contribution in [0, 0.1) is 0 Å². The number of amides is 4. The molecule has 2 aliphatic rings. The summed E-state index contributed by atoms with van der Waals surface area (Å²) in [6.07, 6.45) is 7.42. The summed E-state index contributed by atoms with van der Waals surface area (Å²) in [6, 6.07) is 7.69. The van der Waals surface area contributed by atoms with Gasteiger partial charge in [-0.3, -0.25) is 14.5 Å². The predicted molar refractivity (Wildman–Crippen MR) is 124 cm³/mol. The Morgan fingerprint density at radius 3 is 2.23 bits per heavy atom. The van der Waals surface area contributed by atoms with Gasteiger partial charge in [0.15, 0.2) is 0 Å². The van der Waals surface area contributed by atoms with Crippen LogP contribution < -0.4 is 21.3 Å². The second-order valence-electron chi connectivity index (χ2n) is 8.31. The quantitative estimate of drug-likeness (QED) is 0.468. The maximum absolute atomic E-state index is 12.2. The summed E-state index contributed by atoms with van der Waals surface area (Å²) in [6.45, 7) is 1.67. The molecule has 0 radical (unpaired) electrons. The molecular formula is C22H32BrN5O3. The van der Waals surface area contributed by atoms with Gasteiger partial charge in [-0.1, -0.05) is 31.4 Å². The molecule has 0 unspecified atom stereocenters. The molecule has 1 aromatic rings. The number of carbonyl (C=O) groups excluding carboxylic acids is 3. The second-order valence-corrected chi connectivity index (χ2v) is 9.16. The van der Waals surface area contributed by atoms with Gasteiger partial charge < -0.3 is 21.3 Å². The Hall–Kier alpha value is -2.13. The van der Waals surface area contributed by atoms with Gasteiger partial charge in [-0.05, 0) is 53.7 Å². The van der Waals surface area contributed by atoms with Crippen LogP contribution in [-0.2, 0) is 9.59 Å². The number of rotatable bonds is 7. The monoisotopic (exact) mass is 493 g/mol. The van der Waals surface area contributed by atoms with E-state index in [1.807, 2.05) is 18.2 Å². The fourth-order valence-corrected chi connectivity index (χ4v) is 4.47. The summed E-state index contributed by atoms with van der Waals surface area (Å²) < 4.78 is 0.790. The van der Waals surface area contributed by atoms with E-state index in [4.69, 9.17) is 0 Å². The normalized spacial score (nSPS) is 18.2. The first-order chi connectivity index (χ1) is 15.0. The summed E-state index contributed by atoms with van der Waals surface area (Å²) in [5, 5.41) is 11.6. The molecule has 1 saturated heterocycles. The van der Waals surface area contributed by atoms with Crippen LogP contribution in [0.15, 0.2) is 28.7 Å². The van der Waals surface area contributed by atoms with Crippen LogP contribution in [0.5, 0.6) is 0 Å². The minimum atomic E-state index is -0.271.